The van der Waals surface area contributed by atoms with Gasteiger partial charge in [-0.25, -0.2) is 17.5 Å². The summed E-state index contributed by atoms with van der Waals surface area (Å²) < 4.78 is 45.0. The summed E-state index contributed by atoms with van der Waals surface area (Å²) in [5.74, 6) is -0.184. The van der Waals surface area contributed by atoms with Crippen LogP contribution in [0.2, 0.25) is 0 Å². The zero-order valence-corrected chi connectivity index (χ0v) is 13.1. The molecule has 0 radical (unpaired) electrons. The van der Waals surface area contributed by atoms with Crippen molar-refractivity contribution < 1.29 is 22.7 Å². The van der Waals surface area contributed by atoms with Gasteiger partial charge in [-0.05, 0) is 30.5 Å². The smallest absolute Gasteiger partial charge is 0.240 e. The van der Waals surface area contributed by atoms with Crippen LogP contribution in [-0.2, 0) is 21.4 Å². The maximum atomic E-state index is 13.2. The van der Waals surface area contributed by atoms with Crippen LogP contribution in [0.15, 0.2) is 23.1 Å². The van der Waals surface area contributed by atoms with E-state index in [2.05, 4.69) is 4.72 Å². The van der Waals surface area contributed by atoms with E-state index in [0.717, 1.165) is 12.1 Å². The van der Waals surface area contributed by atoms with Crippen molar-refractivity contribution in [1.29, 1.82) is 0 Å². The highest BCUT2D eigenvalue weighted by atomic mass is 32.2. The summed E-state index contributed by atoms with van der Waals surface area (Å²) in [5, 5.41) is 8.95. The Labute approximate surface area is 125 Å². The number of aliphatic hydroxyl groups is 1. The molecule has 5 nitrogen and oxygen atoms in total. The van der Waals surface area contributed by atoms with E-state index in [1.807, 2.05) is 13.8 Å². The quantitative estimate of drug-likeness (QED) is 0.679. The average molecular weight is 319 g/mol. The van der Waals surface area contributed by atoms with Crippen LogP contribution in [0.4, 0.5) is 4.39 Å². The lowest BCUT2D eigenvalue weighted by Gasteiger charge is -2.09. The summed E-state index contributed by atoms with van der Waals surface area (Å²) in [4.78, 5) is -0.0592. The van der Waals surface area contributed by atoms with Crippen LogP contribution in [0.3, 0.4) is 0 Å². The third-order valence-electron chi connectivity index (χ3n) is 2.71. The summed E-state index contributed by atoms with van der Waals surface area (Å²) >= 11 is 0. The number of rotatable bonds is 9. The molecule has 1 aromatic rings. The first-order valence-electron chi connectivity index (χ1n) is 6.83. The topological polar surface area (TPSA) is 75.6 Å². The molecule has 0 bridgehead atoms. The fourth-order valence-electron chi connectivity index (χ4n) is 1.62. The first-order valence-corrected chi connectivity index (χ1v) is 8.32. The first kappa shape index (κ1) is 18.0. The highest BCUT2D eigenvalue weighted by Gasteiger charge is 2.15. The van der Waals surface area contributed by atoms with E-state index in [9.17, 15) is 12.8 Å². The van der Waals surface area contributed by atoms with Crippen LogP contribution in [0.25, 0.3) is 0 Å². The monoisotopic (exact) mass is 319 g/mol. The lowest BCUT2D eigenvalue weighted by Crippen LogP contribution is -2.26. The van der Waals surface area contributed by atoms with Gasteiger partial charge in [-0.2, -0.15) is 0 Å². The molecule has 1 rings (SSSR count). The molecule has 0 aromatic heterocycles. The van der Waals surface area contributed by atoms with Crippen LogP contribution >= 0.6 is 0 Å². The molecule has 0 fully saturated rings. The van der Waals surface area contributed by atoms with Gasteiger partial charge in [0, 0.05) is 25.3 Å². The van der Waals surface area contributed by atoms with E-state index < -0.39 is 22.4 Å². The third-order valence-corrected chi connectivity index (χ3v) is 4.17. The van der Waals surface area contributed by atoms with Crippen molar-refractivity contribution >= 4 is 10.0 Å². The second-order valence-corrected chi connectivity index (χ2v) is 6.90. The molecule has 0 saturated carbocycles. The average Bonchev–Trinajstić information content (AvgIpc) is 2.42. The number of ether oxygens (including phenoxy) is 1. The predicted octanol–water partition coefficient (Wildman–Crippen LogP) is 1.66. The highest BCUT2D eigenvalue weighted by Crippen LogP contribution is 2.15. The van der Waals surface area contributed by atoms with Gasteiger partial charge in [-0.3, -0.25) is 0 Å². The van der Waals surface area contributed by atoms with Gasteiger partial charge in [-0.15, -0.1) is 0 Å². The molecule has 0 amide bonds. The Balaban J connectivity index is 2.50. The van der Waals surface area contributed by atoms with E-state index in [0.29, 0.717) is 25.6 Å². The normalized spacial score (nSPS) is 12.0. The lowest BCUT2D eigenvalue weighted by atomic mass is 10.2. The molecule has 0 unspecified atom stereocenters. The first-order chi connectivity index (χ1) is 9.86. The van der Waals surface area contributed by atoms with Gasteiger partial charge in [0.1, 0.15) is 5.82 Å². The minimum Gasteiger partial charge on any atom is -0.392 e. The Morgan fingerprint density at radius 3 is 2.71 bits per heavy atom. The Bertz CT molecular complexity index is 546. The molecule has 7 heteroatoms. The standard InChI is InChI=1S/C14H22FNO4S/c1-11(2)10-20-7-3-6-16-21(18,19)13-4-5-14(15)12(8-13)9-17/h4-5,8,11,16-17H,3,6-7,9-10H2,1-2H3. The van der Waals surface area contributed by atoms with Crippen molar-refractivity contribution in [2.75, 3.05) is 19.8 Å². The van der Waals surface area contributed by atoms with Crippen LogP contribution < -0.4 is 4.72 Å². The van der Waals surface area contributed by atoms with Gasteiger partial charge in [0.15, 0.2) is 0 Å². The van der Waals surface area contributed by atoms with E-state index >= 15 is 0 Å². The number of aliphatic hydroxyl groups excluding tert-OH is 1. The molecule has 21 heavy (non-hydrogen) atoms. The zero-order valence-electron chi connectivity index (χ0n) is 12.3. The minimum atomic E-state index is -3.70. The lowest BCUT2D eigenvalue weighted by molar-refractivity contribution is 0.108. The van der Waals surface area contributed by atoms with Gasteiger partial charge in [0.25, 0.3) is 0 Å². The van der Waals surface area contributed by atoms with Crippen molar-refractivity contribution in [3.63, 3.8) is 0 Å². The molecular weight excluding hydrogens is 297 g/mol. The summed E-state index contributed by atoms with van der Waals surface area (Å²) in [7, 11) is -3.70. The van der Waals surface area contributed by atoms with Crippen LogP contribution in [0.1, 0.15) is 25.8 Å². The zero-order chi connectivity index (χ0) is 15.9. The number of nitrogens with one attached hydrogen (secondary N) is 1. The van der Waals surface area contributed by atoms with Crippen LogP contribution in [0.5, 0.6) is 0 Å². The predicted molar refractivity (Wildman–Crippen MR) is 77.8 cm³/mol. The van der Waals surface area contributed by atoms with Crippen molar-refractivity contribution in [2.45, 2.75) is 31.8 Å². The van der Waals surface area contributed by atoms with Crippen molar-refractivity contribution in [2.24, 2.45) is 5.92 Å². The summed E-state index contributed by atoms with van der Waals surface area (Å²) in [6.07, 6.45) is 0.556. The molecule has 0 aliphatic heterocycles. The van der Waals surface area contributed by atoms with Gasteiger partial charge in [0.2, 0.25) is 10.0 Å². The Morgan fingerprint density at radius 1 is 1.38 bits per heavy atom. The molecule has 0 aliphatic carbocycles. The Morgan fingerprint density at radius 2 is 2.10 bits per heavy atom. The van der Waals surface area contributed by atoms with Crippen LogP contribution in [0, 0.1) is 11.7 Å². The number of halogens is 1. The molecule has 0 atom stereocenters. The molecular formula is C14H22FNO4S. The maximum absolute atomic E-state index is 13.2. The largest absolute Gasteiger partial charge is 0.392 e. The Kier molecular flexibility index (Phi) is 7.24. The number of hydrogen-bond donors (Lipinski definition) is 2. The van der Waals surface area contributed by atoms with Crippen molar-refractivity contribution in [3.05, 3.63) is 29.6 Å². The molecule has 0 saturated heterocycles. The summed E-state index contributed by atoms with van der Waals surface area (Å²) in [6, 6.07) is 3.34. The molecule has 120 valence electrons. The van der Waals surface area contributed by atoms with Gasteiger partial charge >= 0.3 is 0 Å². The van der Waals surface area contributed by atoms with Crippen LogP contribution in [-0.4, -0.2) is 33.3 Å². The van der Waals surface area contributed by atoms with Gasteiger partial charge < -0.3 is 9.84 Å². The van der Waals surface area contributed by atoms with Crippen molar-refractivity contribution in [1.82, 2.24) is 4.72 Å². The molecule has 0 heterocycles. The molecule has 0 aliphatic rings. The van der Waals surface area contributed by atoms with Crippen molar-refractivity contribution in [3.8, 4) is 0 Å². The molecule has 0 spiro atoms. The number of hydrogen-bond acceptors (Lipinski definition) is 4. The number of benzene rings is 1. The SMILES string of the molecule is CC(C)COCCCNS(=O)(=O)c1ccc(F)c(CO)c1. The fourth-order valence-corrected chi connectivity index (χ4v) is 2.75. The highest BCUT2D eigenvalue weighted by molar-refractivity contribution is 7.89. The summed E-state index contributed by atoms with van der Waals surface area (Å²) in [5.41, 5.74) is -0.0434. The van der Waals surface area contributed by atoms with Gasteiger partial charge in [-0.1, -0.05) is 13.8 Å². The number of sulfonamides is 1. The third kappa shape index (κ3) is 6.09. The van der Waals surface area contributed by atoms with E-state index in [1.54, 1.807) is 0 Å². The fraction of sp³-hybridized carbons (Fsp3) is 0.571. The minimum absolute atomic E-state index is 0.0434. The second-order valence-electron chi connectivity index (χ2n) is 5.13. The molecule has 1 aromatic carbocycles. The maximum Gasteiger partial charge on any atom is 0.240 e. The van der Waals surface area contributed by atoms with E-state index in [1.165, 1.54) is 6.07 Å². The van der Waals surface area contributed by atoms with E-state index in [4.69, 9.17) is 9.84 Å². The molecule has 2 N–H and O–H groups in total. The van der Waals surface area contributed by atoms with Gasteiger partial charge in [0.05, 0.1) is 11.5 Å². The second kappa shape index (κ2) is 8.43. The van der Waals surface area contributed by atoms with E-state index in [-0.39, 0.29) is 17.0 Å². The Hall–Kier alpha value is -1.02. The summed E-state index contributed by atoms with van der Waals surface area (Å²) in [6.45, 7) is 4.90.